The summed E-state index contributed by atoms with van der Waals surface area (Å²) in [5, 5.41) is 8.73. The summed E-state index contributed by atoms with van der Waals surface area (Å²) in [7, 11) is 0. The van der Waals surface area contributed by atoms with Crippen LogP contribution in [0, 0.1) is 5.41 Å². The van der Waals surface area contributed by atoms with Crippen LogP contribution in [0.5, 0.6) is 11.5 Å². The summed E-state index contributed by atoms with van der Waals surface area (Å²) < 4.78 is 6.45. The van der Waals surface area contributed by atoms with Gasteiger partial charge < -0.3 is 14.5 Å². The Balaban J connectivity index is 1.26. The fourth-order valence-electron chi connectivity index (χ4n) is 6.77. The molecule has 2 fully saturated rings. The Morgan fingerprint density at radius 3 is 2.24 bits per heavy atom. The maximum Gasteiger partial charge on any atom is 0.151 e. The third-order valence-electron chi connectivity index (χ3n) is 8.64. The molecule has 3 heterocycles. The lowest BCUT2D eigenvalue weighted by molar-refractivity contribution is 0.129. The molecule has 3 aromatic carbocycles. The van der Waals surface area contributed by atoms with Crippen molar-refractivity contribution in [3.05, 3.63) is 83.9 Å². The quantitative estimate of drug-likeness (QED) is 0.289. The molecular formula is C32H38N4O. The first kappa shape index (κ1) is 24.1. The van der Waals surface area contributed by atoms with Gasteiger partial charge in [0.2, 0.25) is 0 Å². The number of hydrogen-bond donors (Lipinski definition) is 1. The van der Waals surface area contributed by atoms with Crippen molar-refractivity contribution in [3.63, 3.8) is 0 Å². The van der Waals surface area contributed by atoms with Gasteiger partial charge in [0, 0.05) is 43.3 Å². The molecule has 2 bridgehead atoms. The van der Waals surface area contributed by atoms with Gasteiger partial charge in [0.25, 0.3) is 0 Å². The predicted molar refractivity (Wildman–Crippen MR) is 152 cm³/mol. The van der Waals surface area contributed by atoms with Crippen LogP contribution < -0.4 is 9.64 Å². The van der Waals surface area contributed by atoms with Crippen molar-refractivity contribution in [2.75, 3.05) is 24.5 Å². The highest BCUT2D eigenvalue weighted by Gasteiger charge is 2.44. The molecule has 37 heavy (non-hydrogen) atoms. The summed E-state index contributed by atoms with van der Waals surface area (Å²) >= 11 is 0. The van der Waals surface area contributed by atoms with Crippen LogP contribution in [0.4, 0.5) is 11.4 Å². The SMILES string of the molecule is CCN(CC)C(=N)c1ccc2c(c1)Oc1ccccc1N2C1CC2CCC(C1)N2CCc1ccccc1. The monoisotopic (exact) mass is 494 g/mol. The van der Waals surface area contributed by atoms with Crippen molar-refractivity contribution in [2.24, 2.45) is 0 Å². The van der Waals surface area contributed by atoms with Gasteiger partial charge in [0.05, 0.1) is 11.4 Å². The molecule has 2 saturated heterocycles. The highest BCUT2D eigenvalue weighted by atomic mass is 16.5. The summed E-state index contributed by atoms with van der Waals surface area (Å²) in [6.45, 7) is 7.01. The zero-order valence-electron chi connectivity index (χ0n) is 22.1. The van der Waals surface area contributed by atoms with E-state index in [0.29, 0.717) is 24.0 Å². The molecule has 0 spiro atoms. The van der Waals surface area contributed by atoms with Crippen LogP contribution >= 0.6 is 0 Å². The van der Waals surface area contributed by atoms with E-state index in [1.807, 2.05) is 0 Å². The van der Waals surface area contributed by atoms with Crippen LogP contribution in [0.3, 0.4) is 0 Å². The maximum absolute atomic E-state index is 8.73. The highest BCUT2D eigenvalue weighted by Crippen LogP contribution is 2.51. The molecule has 2 unspecified atom stereocenters. The van der Waals surface area contributed by atoms with Gasteiger partial charge in [-0.2, -0.15) is 0 Å². The second-order valence-electron chi connectivity index (χ2n) is 10.6. The van der Waals surface area contributed by atoms with Gasteiger partial charge in [-0.3, -0.25) is 10.3 Å². The van der Waals surface area contributed by atoms with E-state index in [1.54, 1.807) is 0 Å². The van der Waals surface area contributed by atoms with Crippen LogP contribution in [-0.2, 0) is 6.42 Å². The number of anilines is 2. The van der Waals surface area contributed by atoms with E-state index >= 15 is 0 Å². The Bertz CT molecular complexity index is 1240. The van der Waals surface area contributed by atoms with Crippen LogP contribution in [0.2, 0.25) is 0 Å². The van der Waals surface area contributed by atoms with Crippen LogP contribution in [0.1, 0.15) is 50.7 Å². The smallest absolute Gasteiger partial charge is 0.151 e. The molecule has 3 aromatic rings. The number of nitrogens with one attached hydrogen (secondary N) is 1. The van der Waals surface area contributed by atoms with Crippen LogP contribution in [-0.4, -0.2) is 53.4 Å². The number of ether oxygens (including phenoxy) is 1. The van der Waals surface area contributed by atoms with E-state index < -0.39 is 0 Å². The molecule has 2 atom stereocenters. The first-order valence-corrected chi connectivity index (χ1v) is 14.0. The number of hydrogen-bond acceptors (Lipinski definition) is 4. The normalized spacial score (nSPS) is 22.2. The van der Waals surface area contributed by atoms with E-state index in [2.05, 4.69) is 101 Å². The standard InChI is InChI=1S/C32H38N4O/c1-3-34(4-2)32(33)24-14-17-29-31(20-24)37-30-13-9-8-12-28(30)36(29)27-21-25-15-16-26(22-27)35(25)19-18-23-10-6-5-7-11-23/h5-14,17,20,25-27,33H,3-4,15-16,18-19,21-22H2,1-2H3. The van der Waals surface area contributed by atoms with Crippen molar-refractivity contribution < 1.29 is 4.74 Å². The molecule has 3 aliphatic heterocycles. The summed E-state index contributed by atoms with van der Waals surface area (Å²) in [6.07, 6.45) is 6.08. The second-order valence-corrected chi connectivity index (χ2v) is 10.6. The Morgan fingerprint density at radius 2 is 1.51 bits per heavy atom. The summed E-state index contributed by atoms with van der Waals surface area (Å²) in [5.41, 5.74) is 4.66. The van der Waals surface area contributed by atoms with E-state index in [4.69, 9.17) is 10.1 Å². The number of amidine groups is 1. The summed E-state index contributed by atoms with van der Waals surface area (Å²) in [6, 6.07) is 27.5. The molecule has 0 amide bonds. The van der Waals surface area contributed by atoms with Crippen molar-refractivity contribution >= 4 is 17.2 Å². The van der Waals surface area contributed by atoms with Crippen LogP contribution in [0.25, 0.3) is 0 Å². The highest BCUT2D eigenvalue weighted by molar-refractivity contribution is 5.98. The minimum Gasteiger partial charge on any atom is -0.453 e. The van der Waals surface area contributed by atoms with E-state index in [1.165, 1.54) is 36.9 Å². The van der Waals surface area contributed by atoms with Crippen molar-refractivity contribution in [3.8, 4) is 11.5 Å². The topological polar surface area (TPSA) is 42.8 Å². The molecule has 1 N–H and O–H groups in total. The van der Waals surface area contributed by atoms with Gasteiger partial charge in [-0.1, -0.05) is 42.5 Å². The summed E-state index contributed by atoms with van der Waals surface area (Å²) in [4.78, 5) is 7.43. The molecule has 3 aliphatic rings. The lowest BCUT2D eigenvalue weighted by Gasteiger charge is -2.46. The van der Waals surface area contributed by atoms with E-state index in [0.717, 1.165) is 48.8 Å². The van der Waals surface area contributed by atoms with E-state index in [9.17, 15) is 0 Å². The number of benzene rings is 3. The Morgan fingerprint density at radius 1 is 0.838 bits per heavy atom. The zero-order chi connectivity index (χ0) is 25.4. The van der Waals surface area contributed by atoms with E-state index in [-0.39, 0.29) is 0 Å². The lowest BCUT2D eigenvalue weighted by Crippen LogP contribution is -2.50. The molecular weight excluding hydrogens is 456 g/mol. The third-order valence-corrected chi connectivity index (χ3v) is 8.64. The Kier molecular flexibility index (Phi) is 6.64. The maximum atomic E-state index is 8.73. The van der Waals surface area contributed by atoms with Crippen molar-refractivity contribution in [2.45, 2.75) is 64.1 Å². The first-order valence-electron chi connectivity index (χ1n) is 14.0. The van der Waals surface area contributed by atoms with Crippen molar-refractivity contribution in [1.82, 2.24) is 9.80 Å². The van der Waals surface area contributed by atoms with Gasteiger partial charge in [0.1, 0.15) is 5.84 Å². The third kappa shape index (κ3) is 4.50. The summed E-state index contributed by atoms with van der Waals surface area (Å²) in [5.74, 6) is 2.35. The molecule has 5 nitrogen and oxygen atoms in total. The van der Waals surface area contributed by atoms with Gasteiger partial charge in [0.15, 0.2) is 11.5 Å². The van der Waals surface area contributed by atoms with Gasteiger partial charge >= 0.3 is 0 Å². The number of nitrogens with zero attached hydrogens (tertiary/aromatic N) is 3. The average Bonchev–Trinajstić information content (AvgIpc) is 3.17. The molecule has 0 aliphatic carbocycles. The Hall–Kier alpha value is -3.31. The average molecular weight is 495 g/mol. The fourth-order valence-corrected chi connectivity index (χ4v) is 6.77. The molecule has 0 saturated carbocycles. The van der Waals surface area contributed by atoms with Gasteiger partial charge in [-0.25, -0.2) is 0 Å². The fraction of sp³-hybridized carbons (Fsp3) is 0.406. The predicted octanol–water partition coefficient (Wildman–Crippen LogP) is 6.84. The van der Waals surface area contributed by atoms with Gasteiger partial charge in [-0.05, 0) is 81.8 Å². The largest absolute Gasteiger partial charge is 0.453 e. The molecule has 0 aromatic heterocycles. The lowest BCUT2D eigenvalue weighted by atomic mass is 9.93. The molecule has 192 valence electrons. The molecule has 0 radical (unpaired) electrons. The minimum atomic E-state index is 0.447. The van der Waals surface area contributed by atoms with Crippen molar-refractivity contribution in [1.29, 1.82) is 5.41 Å². The number of para-hydroxylation sites is 2. The van der Waals surface area contributed by atoms with Gasteiger partial charge in [-0.15, -0.1) is 0 Å². The Labute approximate surface area is 221 Å². The number of rotatable bonds is 7. The second kappa shape index (κ2) is 10.2. The number of piperidine rings is 1. The zero-order valence-corrected chi connectivity index (χ0v) is 22.1. The minimum absolute atomic E-state index is 0.447. The molecule has 6 rings (SSSR count). The first-order chi connectivity index (χ1) is 18.2. The van der Waals surface area contributed by atoms with Crippen LogP contribution in [0.15, 0.2) is 72.8 Å². The number of fused-ring (bicyclic) bond motifs is 4. The molecule has 5 heteroatoms.